The minimum absolute atomic E-state index is 0.139. The first-order valence-electron chi connectivity index (χ1n) is 7.12. The minimum atomic E-state index is -0.181. The van der Waals surface area contributed by atoms with Gasteiger partial charge in [0.25, 0.3) is 5.89 Å². The molecular formula is C19H13NO2. The van der Waals surface area contributed by atoms with Crippen molar-refractivity contribution in [3.63, 3.8) is 0 Å². The average molecular weight is 287 g/mol. The van der Waals surface area contributed by atoms with Gasteiger partial charge in [-0.05, 0) is 41.5 Å². The molecule has 0 radical (unpaired) electrons. The summed E-state index contributed by atoms with van der Waals surface area (Å²) in [4.78, 5) is 17.0. The molecule has 0 saturated carbocycles. The molecule has 3 nitrogen and oxygen atoms in total. The zero-order valence-corrected chi connectivity index (χ0v) is 12.0. The van der Waals surface area contributed by atoms with Crippen molar-refractivity contribution in [2.75, 3.05) is 0 Å². The fourth-order valence-corrected chi connectivity index (χ4v) is 2.68. The fourth-order valence-electron chi connectivity index (χ4n) is 2.68. The summed E-state index contributed by atoms with van der Waals surface area (Å²) in [5.41, 5.74) is 2.88. The third kappa shape index (κ3) is 1.99. The summed E-state index contributed by atoms with van der Waals surface area (Å²) in [6.07, 6.45) is 0. The van der Waals surface area contributed by atoms with Crippen LogP contribution < -0.4 is 0 Å². The summed E-state index contributed by atoms with van der Waals surface area (Å²) in [5.74, 6) is -0.0426. The van der Waals surface area contributed by atoms with Crippen molar-refractivity contribution in [3.8, 4) is 0 Å². The molecule has 1 aromatic heterocycles. The highest BCUT2D eigenvalue weighted by Gasteiger charge is 2.18. The second kappa shape index (κ2) is 4.81. The molecule has 4 rings (SSSR count). The largest absolute Gasteiger partial charge is 0.433 e. The summed E-state index contributed by atoms with van der Waals surface area (Å²) in [7, 11) is 0. The second-order valence-electron chi connectivity index (χ2n) is 5.33. The molecule has 4 aromatic rings. The van der Waals surface area contributed by atoms with Gasteiger partial charge in [-0.2, -0.15) is 0 Å². The minimum Gasteiger partial charge on any atom is -0.433 e. The van der Waals surface area contributed by atoms with Crippen LogP contribution in [0.2, 0.25) is 0 Å². The summed E-state index contributed by atoms with van der Waals surface area (Å²) in [5, 5.41) is 2.15. The zero-order valence-electron chi connectivity index (χ0n) is 12.0. The van der Waals surface area contributed by atoms with Crippen molar-refractivity contribution < 1.29 is 9.21 Å². The van der Waals surface area contributed by atoms with Crippen LogP contribution in [0.5, 0.6) is 0 Å². The summed E-state index contributed by atoms with van der Waals surface area (Å²) < 4.78 is 5.59. The SMILES string of the molecule is Cc1cc2ccccc2cc1C(=O)c1nc2ccccc2o1. The number of fused-ring (bicyclic) bond motifs is 2. The van der Waals surface area contributed by atoms with Gasteiger partial charge in [0.15, 0.2) is 5.58 Å². The Bertz CT molecular complexity index is 981. The maximum Gasteiger partial charge on any atom is 0.269 e. The van der Waals surface area contributed by atoms with Crippen LogP contribution in [0.1, 0.15) is 21.8 Å². The van der Waals surface area contributed by atoms with E-state index in [-0.39, 0.29) is 11.7 Å². The van der Waals surface area contributed by atoms with Crippen LogP contribution in [0.25, 0.3) is 21.9 Å². The molecule has 0 fully saturated rings. The Morgan fingerprint density at radius 1 is 0.955 bits per heavy atom. The van der Waals surface area contributed by atoms with E-state index >= 15 is 0 Å². The van der Waals surface area contributed by atoms with Crippen molar-refractivity contribution >= 4 is 27.7 Å². The maximum atomic E-state index is 12.7. The molecule has 22 heavy (non-hydrogen) atoms. The Morgan fingerprint density at radius 2 is 1.64 bits per heavy atom. The van der Waals surface area contributed by atoms with Crippen molar-refractivity contribution in [2.24, 2.45) is 0 Å². The number of aryl methyl sites for hydroxylation is 1. The van der Waals surface area contributed by atoms with Crippen molar-refractivity contribution in [3.05, 3.63) is 77.7 Å². The van der Waals surface area contributed by atoms with E-state index in [2.05, 4.69) is 4.98 Å². The van der Waals surface area contributed by atoms with Crippen LogP contribution in [-0.2, 0) is 0 Å². The van der Waals surface area contributed by atoms with Gasteiger partial charge >= 0.3 is 0 Å². The lowest BCUT2D eigenvalue weighted by atomic mass is 9.99. The van der Waals surface area contributed by atoms with Crippen LogP contribution in [0.3, 0.4) is 0 Å². The standard InChI is InChI=1S/C19H13NO2/c1-12-10-13-6-2-3-7-14(13)11-15(12)18(21)19-20-16-8-4-5-9-17(16)22-19/h2-11H,1H3. The Balaban J connectivity index is 1.86. The highest BCUT2D eigenvalue weighted by molar-refractivity contribution is 6.10. The van der Waals surface area contributed by atoms with Crippen molar-refractivity contribution in [1.29, 1.82) is 0 Å². The number of hydrogen-bond acceptors (Lipinski definition) is 3. The molecular weight excluding hydrogens is 274 g/mol. The summed E-state index contributed by atoms with van der Waals surface area (Å²) >= 11 is 0. The lowest BCUT2D eigenvalue weighted by molar-refractivity contribution is 0.100. The van der Waals surface area contributed by atoms with Crippen LogP contribution in [0, 0.1) is 6.92 Å². The predicted molar refractivity (Wildman–Crippen MR) is 86.1 cm³/mol. The van der Waals surface area contributed by atoms with Crippen LogP contribution in [0.15, 0.2) is 65.1 Å². The molecule has 0 atom stereocenters. The normalized spacial score (nSPS) is 11.1. The van der Waals surface area contributed by atoms with Crippen LogP contribution in [-0.4, -0.2) is 10.8 Å². The number of para-hydroxylation sites is 2. The summed E-state index contributed by atoms with van der Waals surface area (Å²) in [6, 6.07) is 19.3. The van der Waals surface area contributed by atoms with E-state index in [1.807, 2.05) is 67.6 Å². The number of aromatic nitrogens is 1. The molecule has 0 bridgehead atoms. The molecule has 0 unspecified atom stereocenters. The highest BCUT2D eigenvalue weighted by atomic mass is 16.4. The first-order valence-corrected chi connectivity index (χ1v) is 7.12. The van der Waals surface area contributed by atoms with Crippen molar-refractivity contribution in [1.82, 2.24) is 4.98 Å². The van der Waals surface area contributed by atoms with Gasteiger partial charge in [0.2, 0.25) is 5.78 Å². The molecule has 0 aliphatic heterocycles. The Kier molecular flexibility index (Phi) is 2.79. The second-order valence-corrected chi connectivity index (χ2v) is 5.33. The van der Waals surface area contributed by atoms with Crippen molar-refractivity contribution in [2.45, 2.75) is 6.92 Å². The van der Waals surface area contributed by atoms with E-state index in [9.17, 15) is 4.79 Å². The molecule has 0 N–H and O–H groups in total. The van der Waals surface area contributed by atoms with Gasteiger partial charge in [-0.1, -0.05) is 42.5 Å². The molecule has 106 valence electrons. The molecule has 0 aliphatic carbocycles. The third-order valence-electron chi connectivity index (χ3n) is 3.83. The smallest absolute Gasteiger partial charge is 0.269 e. The molecule has 3 heteroatoms. The molecule has 1 heterocycles. The molecule has 0 saturated heterocycles. The topological polar surface area (TPSA) is 43.1 Å². The first kappa shape index (κ1) is 12.8. The van der Waals surface area contributed by atoms with Gasteiger partial charge in [0, 0.05) is 5.56 Å². The lowest BCUT2D eigenvalue weighted by Gasteiger charge is -2.05. The maximum absolute atomic E-state index is 12.7. The Labute approximate surface area is 127 Å². The predicted octanol–water partition coefficient (Wildman–Crippen LogP) is 4.52. The Morgan fingerprint density at radius 3 is 2.41 bits per heavy atom. The van der Waals surface area contributed by atoms with Gasteiger partial charge in [0.1, 0.15) is 5.52 Å². The highest BCUT2D eigenvalue weighted by Crippen LogP contribution is 2.23. The number of carbonyl (C=O) groups is 1. The number of benzene rings is 3. The van der Waals surface area contributed by atoms with Gasteiger partial charge in [-0.3, -0.25) is 4.79 Å². The molecule has 0 amide bonds. The molecule has 3 aromatic carbocycles. The van der Waals surface area contributed by atoms with E-state index < -0.39 is 0 Å². The van der Waals surface area contributed by atoms with Crippen LogP contribution >= 0.6 is 0 Å². The monoisotopic (exact) mass is 287 g/mol. The number of oxazole rings is 1. The van der Waals surface area contributed by atoms with E-state index in [0.717, 1.165) is 16.3 Å². The average Bonchev–Trinajstić information content (AvgIpc) is 2.97. The van der Waals surface area contributed by atoms with E-state index in [4.69, 9.17) is 4.42 Å². The first-order chi connectivity index (χ1) is 10.7. The molecule has 0 spiro atoms. The lowest BCUT2D eigenvalue weighted by Crippen LogP contribution is -2.04. The third-order valence-corrected chi connectivity index (χ3v) is 3.83. The number of nitrogens with zero attached hydrogens (tertiary/aromatic N) is 1. The van der Waals surface area contributed by atoms with Gasteiger partial charge in [-0.25, -0.2) is 4.98 Å². The van der Waals surface area contributed by atoms with Gasteiger partial charge < -0.3 is 4.42 Å². The van der Waals surface area contributed by atoms with Gasteiger partial charge in [0.05, 0.1) is 0 Å². The zero-order chi connectivity index (χ0) is 15.1. The van der Waals surface area contributed by atoms with Crippen LogP contribution in [0.4, 0.5) is 0 Å². The number of hydrogen-bond donors (Lipinski definition) is 0. The summed E-state index contributed by atoms with van der Waals surface area (Å²) in [6.45, 7) is 1.93. The Hall–Kier alpha value is -2.94. The number of rotatable bonds is 2. The number of carbonyl (C=O) groups excluding carboxylic acids is 1. The van der Waals surface area contributed by atoms with E-state index in [1.54, 1.807) is 0 Å². The fraction of sp³-hybridized carbons (Fsp3) is 0.0526. The van der Waals surface area contributed by atoms with E-state index in [0.29, 0.717) is 16.7 Å². The van der Waals surface area contributed by atoms with Gasteiger partial charge in [-0.15, -0.1) is 0 Å². The number of ketones is 1. The quantitative estimate of drug-likeness (QED) is 0.509. The van der Waals surface area contributed by atoms with E-state index in [1.165, 1.54) is 0 Å². The molecule has 0 aliphatic rings.